The third-order valence-corrected chi connectivity index (χ3v) is 7.28. The molecule has 43 heavy (non-hydrogen) atoms. The molecule has 0 saturated carbocycles. The number of alkyl halides is 6. The molecule has 2 aliphatic heterocycles. The van der Waals surface area contributed by atoms with Crippen LogP contribution >= 0.6 is 11.3 Å². The number of nitrogens with zero attached hydrogens (tertiary/aromatic N) is 2. The van der Waals surface area contributed by atoms with Crippen molar-refractivity contribution in [2.45, 2.75) is 56.9 Å². The van der Waals surface area contributed by atoms with Crippen molar-refractivity contribution in [1.29, 1.82) is 0 Å². The Morgan fingerprint density at radius 1 is 0.977 bits per heavy atom. The number of nitrogens with one attached hydrogen (secondary N) is 1. The Labute approximate surface area is 248 Å². The molecule has 2 aromatic rings. The van der Waals surface area contributed by atoms with Gasteiger partial charge >= 0.3 is 24.3 Å². The SMILES string of the molecule is Cc1ccc(CNC(=O)C2CN(C)CC3(CCN(Cc4ccsc4)CC3)O2)cc1.O=C(O)C(F)(F)F.O=C(O)C(F)(F)F. The van der Waals surface area contributed by atoms with Gasteiger partial charge in [0.05, 0.1) is 5.60 Å². The summed E-state index contributed by atoms with van der Waals surface area (Å²) in [7, 11) is 2.10. The minimum atomic E-state index is -5.08. The quantitative estimate of drug-likeness (QED) is 0.414. The number of benzene rings is 1. The lowest BCUT2D eigenvalue weighted by Crippen LogP contribution is -2.61. The van der Waals surface area contributed by atoms with Gasteiger partial charge in [-0.3, -0.25) is 9.69 Å². The number of halogens is 6. The number of carboxylic acid groups (broad SMARTS) is 2. The van der Waals surface area contributed by atoms with Crippen LogP contribution in [0.3, 0.4) is 0 Å². The Morgan fingerprint density at radius 3 is 1.98 bits per heavy atom. The fourth-order valence-electron chi connectivity index (χ4n) is 4.40. The maximum Gasteiger partial charge on any atom is 0.490 e. The fourth-order valence-corrected chi connectivity index (χ4v) is 5.06. The topological polar surface area (TPSA) is 119 Å². The third-order valence-electron chi connectivity index (χ3n) is 6.55. The van der Waals surface area contributed by atoms with Crippen molar-refractivity contribution >= 4 is 29.2 Å². The summed E-state index contributed by atoms with van der Waals surface area (Å²) in [4.78, 5) is 35.4. The largest absolute Gasteiger partial charge is 0.490 e. The summed E-state index contributed by atoms with van der Waals surface area (Å²) in [5.41, 5.74) is 3.53. The van der Waals surface area contributed by atoms with Crippen LogP contribution in [0.5, 0.6) is 0 Å². The number of likely N-dealkylation sites (tertiary alicyclic amines) is 1. The number of piperidine rings is 1. The van der Waals surface area contributed by atoms with E-state index in [0.29, 0.717) is 13.1 Å². The first kappa shape index (κ1) is 36.0. The van der Waals surface area contributed by atoms with Gasteiger partial charge in [-0.2, -0.15) is 37.7 Å². The summed E-state index contributed by atoms with van der Waals surface area (Å²) in [6, 6.07) is 10.5. The van der Waals surface area contributed by atoms with E-state index < -0.39 is 30.4 Å². The maximum atomic E-state index is 12.8. The van der Waals surface area contributed by atoms with E-state index in [2.05, 4.69) is 70.2 Å². The van der Waals surface area contributed by atoms with Crippen LogP contribution in [0.15, 0.2) is 41.1 Å². The van der Waals surface area contributed by atoms with Crippen LogP contribution in [0, 0.1) is 6.92 Å². The van der Waals surface area contributed by atoms with Gasteiger partial charge in [-0.25, -0.2) is 9.59 Å². The van der Waals surface area contributed by atoms with E-state index in [4.69, 9.17) is 24.5 Å². The summed E-state index contributed by atoms with van der Waals surface area (Å²) in [6.07, 6.45) is -8.62. The molecule has 0 radical (unpaired) electrons. The van der Waals surface area contributed by atoms with E-state index >= 15 is 0 Å². The second kappa shape index (κ2) is 15.5. The highest BCUT2D eigenvalue weighted by Gasteiger charge is 2.44. The molecule has 0 aliphatic carbocycles. The average molecular weight is 642 g/mol. The molecule has 1 amide bonds. The summed E-state index contributed by atoms with van der Waals surface area (Å²) < 4.78 is 69.9. The van der Waals surface area contributed by atoms with Gasteiger partial charge < -0.3 is 25.2 Å². The summed E-state index contributed by atoms with van der Waals surface area (Å²) in [5.74, 6) is -5.52. The summed E-state index contributed by atoms with van der Waals surface area (Å²) in [5, 5.41) is 21.7. The molecule has 9 nitrogen and oxygen atoms in total. The lowest BCUT2D eigenvalue weighted by atomic mass is 9.88. The molecule has 1 spiro atoms. The van der Waals surface area contributed by atoms with Crippen molar-refractivity contribution in [3.05, 3.63) is 57.8 Å². The number of hydrogen-bond acceptors (Lipinski definition) is 7. The standard InChI is InChI=1S/C23H31N3O2S.2C2HF3O2/c1-18-3-5-19(6-4-18)13-24-22(27)21-15-25(2)17-23(28-21)8-10-26(11-9-23)14-20-7-12-29-16-20;2*3-2(4,5)1(6)7/h3-7,12,16,21H,8-11,13-15,17H2,1-2H3,(H,24,27);2*(H,6,7). The van der Waals surface area contributed by atoms with E-state index in [1.54, 1.807) is 11.3 Å². The number of thiophene rings is 1. The Bertz CT molecular complexity index is 1160. The van der Waals surface area contributed by atoms with E-state index in [0.717, 1.165) is 44.6 Å². The molecular formula is C27H33F6N3O6S. The zero-order valence-corrected chi connectivity index (χ0v) is 24.2. The number of carbonyl (C=O) groups excluding carboxylic acids is 1. The minimum absolute atomic E-state index is 0.00259. The molecule has 2 saturated heterocycles. The lowest BCUT2D eigenvalue weighted by molar-refractivity contribution is -0.193. The molecule has 2 aliphatic rings. The van der Waals surface area contributed by atoms with Crippen molar-refractivity contribution in [2.75, 3.05) is 33.2 Å². The molecule has 3 N–H and O–H groups in total. The summed E-state index contributed by atoms with van der Waals surface area (Å²) in [6.45, 7) is 7.21. The van der Waals surface area contributed by atoms with Crippen LogP contribution in [0.25, 0.3) is 0 Å². The number of aryl methyl sites for hydroxylation is 1. The lowest BCUT2D eigenvalue weighted by Gasteiger charge is -2.48. The van der Waals surface area contributed by atoms with E-state index in [-0.39, 0.29) is 11.5 Å². The zero-order chi connectivity index (χ0) is 32.4. The maximum absolute atomic E-state index is 12.8. The van der Waals surface area contributed by atoms with Crippen LogP contribution in [-0.2, 0) is 32.2 Å². The van der Waals surface area contributed by atoms with Gasteiger partial charge in [-0.15, -0.1) is 0 Å². The number of amides is 1. The molecule has 4 rings (SSSR count). The molecule has 1 aromatic carbocycles. The van der Waals surface area contributed by atoms with E-state index in [9.17, 15) is 31.1 Å². The van der Waals surface area contributed by atoms with Gasteiger partial charge in [0.1, 0.15) is 6.10 Å². The Hall–Kier alpha value is -3.21. The normalized spacial score (nSPS) is 18.9. The Balaban J connectivity index is 0.000000384. The van der Waals surface area contributed by atoms with E-state index in [1.165, 1.54) is 11.1 Å². The average Bonchev–Trinajstić information content (AvgIpc) is 3.42. The number of carboxylic acids is 2. The van der Waals surface area contributed by atoms with Crippen LogP contribution in [0.2, 0.25) is 0 Å². The molecule has 3 heterocycles. The highest BCUT2D eigenvalue weighted by Crippen LogP contribution is 2.32. The number of likely N-dealkylation sites (N-methyl/N-ethyl adjacent to an activating group) is 1. The number of morpholine rings is 1. The van der Waals surface area contributed by atoms with Crippen LogP contribution in [-0.4, -0.2) is 95.1 Å². The highest BCUT2D eigenvalue weighted by molar-refractivity contribution is 7.07. The number of aliphatic carboxylic acids is 2. The van der Waals surface area contributed by atoms with Gasteiger partial charge in [0.25, 0.3) is 5.91 Å². The number of carbonyl (C=O) groups is 3. The van der Waals surface area contributed by atoms with Crippen molar-refractivity contribution in [3.8, 4) is 0 Å². The van der Waals surface area contributed by atoms with Crippen LogP contribution in [0.4, 0.5) is 26.3 Å². The first-order valence-electron chi connectivity index (χ1n) is 12.9. The van der Waals surface area contributed by atoms with Gasteiger partial charge in [0.2, 0.25) is 0 Å². The van der Waals surface area contributed by atoms with E-state index in [1.807, 2.05) is 0 Å². The first-order chi connectivity index (χ1) is 19.9. The molecule has 2 fully saturated rings. The molecule has 1 unspecified atom stereocenters. The second-order valence-electron chi connectivity index (χ2n) is 10.2. The van der Waals surface area contributed by atoms with Crippen molar-refractivity contribution in [3.63, 3.8) is 0 Å². The number of ether oxygens (including phenoxy) is 1. The molecular weight excluding hydrogens is 608 g/mol. The van der Waals surface area contributed by atoms with Crippen molar-refractivity contribution in [2.24, 2.45) is 0 Å². The zero-order valence-electron chi connectivity index (χ0n) is 23.4. The molecule has 1 atom stereocenters. The van der Waals surface area contributed by atoms with Crippen molar-refractivity contribution < 1.29 is 55.7 Å². The predicted molar refractivity (Wildman–Crippen MR) is 144 cm³/mol. The van der Waals surface area contributed by atoms with Gasteiger partial charge in [0, 0.05) is 39.3 Å². The smallest absolute Gasteiger partial charge is 0.475 e. The molecule has 16 heteroatoms. The van der Waals surface area contributed by atoms with Gasteiger partial charge in [0.15, 0.2) is 0 Å². The van der Waals surface area contributed by atoms with Gasteiger partial charge in [-0.05, 0) is 54.8 Å². The predicted octanol–water partition coefficient (Wildman–Crippen LogP) is 4.30. The van der Waals surface area contributed by atoms with Crippen LogP contribution in [0.1, 0.15) is 29.5 Å². The number of hydrogen-bond donors (Lipinski definition) is 3. The van der Waals surface area contributed by atoms with Crippen LogP contribution < -0.4 is 5.32 Å². The highest BCUT2D eigenvalue weighted by atomic mass is 32.1. The molecule has 240 valence electrons. The Morgan fingerprint density at radius 2 is 1.51 bits per heavy atom. The Kier molecular flexibility index (Phi) is 13.0. The minimum Gasteiger partial charge on any atom is -0.475 e. The third kappa shape index (κ3) is 12.5. The van der Waals surface area contributed by atoms with Crippen molar-refractivity contribution in [1.82, 2.24) is 15.1 Å². The molecule has 0 bridgehead atoms. The fraction of sp³-hybridized carbons (Fsp3) is 0.519. The monoisotopic (exact) mass is 641 g/mol. The number of rotatable bonds is 5. The second-order valence-corrected chi connectivity index (χ2v) is 11.0. The summed E-state index contributed by atoms with van der Waals surface area (Å²) >= 11 is 1.75. The van der Waals surface area contributed by atoms with Gasteiger partial charge in [-0.1, -0.05) is 29.8 Å². The molecule has 1 aromatic heterocycles. The first-order valence-corrected chi connectivity index (χ1v) is 13.9.